The molecule has 2 aromatic carbocycles. The van der Waals surface area contributed by atoms with Gasteiger partial charge in [-0.05, 0) is 36.9 Å². The second kappa shape index (κ2) is 8.25. The molecular formula is C23H27N3O3. The van der Waals surface area contributed by atoms with Crippen molar-refractivity contribution in [3.05, 3.63) is 60.2 Å². The highest BCUT2D eigenvalue weighted by Crippen LogP contribution is 2.30. The lowest BCUT2D eigenvalue weighted by atomic mass is 10.0. The van der Waals surface area contributed by atoms with Crippen molar-refractivity contribution in [1.82, 2.24) is 9.80 Å². The molecule has 2 fully saturated rings. The number of carbonyl (C=O) groups excluding carboxylic acids is 2. The first-order chi connectivity index (χ1) is 14.1. The van der Waals surface area contributed by atoms with Crippen LogP contribution in [-0.4, -0.2) is 62.0 Å². The third-order valence-corrected chi connectivity index (χ3v) is 5.98. The molecule has 4 rings (SSSR count). The van der Waals surface area contributed by atoms with E-state index >= 15 is 0 Å². The van der Waals surface area contributed by atoms with E-state index < -0.39 is 0 Å². The Balaban J connectivity index is 1.47. The number of piperazine rings is 1. The second-order valence-corrected chi connectivity index (χ2v) is 7.80. The highest BCUT2D eigenvalue weighted by Gasteiger charge is 2.39. The van der Waals surface area contributed by atoms with Crippen LogP contribution in [0.2, 0.25) is 0 Å². The summed E-state index contributed by atoms with van der Waals surface area (Å²) in [5.41, 5.74) is 2.00. The van der Waals surface area contributed by atoms with Crippen molar-refractivity contribution >= 4 is 17.5 Å². The van der Waals surface area contributed by atoms with E-state index in [2.05, 4.69) is 18.0 Å². The summed E-state index contributed by atoms with van der Waals surface area (Å²) >= 11 is 0. The Labute approximate surface area is 171 Å². The lowest BCUT2D eigenvalue weighted by Crippen LogP contribution is -2.50. The molecule has 2 aromatic rings. The van der Waals surface area contributed by atoms with Gasteiger partial charge < -0.3 is 14.5 Å². The number of hydrogen-bond donors (Lipinski definition) is 0. The standard InChI is InChI=1S/C23H27N3O3/c1-24-11-12-25(16-21(24)17-7-6-10-20(13-17)29-2)23(28)18-14-22(27)26(15-18)19-8-4-3-5-9-19/h3-10,13,18,21H,11-12,14-16H2,1-2H3. The van der Waals surface area contributed by atoms with Gasteiger partial charge in [0.15, 0.2) is 0 Å². The van der Waals surface area contributed by atoms with Gasteiger partial charge in [-0.2, -0.15) is 0 Å². The summed E-state index contributed by atoms with van der Waals surface area (Å²) in [6, 6.07) is 17.7. The Morgan fingerprint density at radius 2 is 1.83 bits per heavy atom. The number of nitrogens with zero attached hydrogens (tertiary/aromatic N) is 3. The molecule has 0 N–H and O–H groups in total. The fourth-order valence-electron chi connectivity index (χ4n) is 4.27. The molecule has 2 saturated heterocycles. The van der Waals surface area contributed by atoms with Crippen LogP contribution in [0.5, 0.6) is 5.75 Å². The smallest absolute Gasteiger partial charge is 0.228 e. The van der Waals surface area contributed by atoms with Crippen LogP contribution in [-0.2, 0) is 9.59 Å². The van der Waals surface area contributed by atoms with Gasteiger partial charge in [-0.1, -0.05) is 30.3 Å². The predicted molar refractivity (Wildman–Crippen MR) is 112 cm³/mol. The third kappa shape index (κ3) is 3.98. The topological polar surface area (TPSA) is 53.1 Å². The number of methoxy groups -OCH3 is 1. The maximum Gasteiger partial charge on any atom is 0.228 e. The van der Waals surface area contributed by atoms with Gasteiger partial charge in [0.05, 0.1) is 19.1 Å². The molecule has 0 saturated carbocycles. The third-order valence-electron chi connectivity index (χ3n) is 5.98. The van der Waals surface area contributed by atoms with Crippen molar-refractivity contribution in [1.29, 1.82) is 0 Å². The first-order valence-electron chi connectivity index (χ1n) is 10.0. The zero-order valence-corrected chi connectivity index (χ0v) is 17.0. The number of carbonyl (C=O) groups is 2. The molecule has 0 bridgehead atoms. The molecule has 0 aromatic heterocycles. The van der Waals surface area contributed by atoms with Gasteiger partial charge in [0.1, 0.15) is 5.75 Å². The van der Waals surface area contributed by atoms with Crippen molar-refractivity contribution in [2.24, 2.45) is 5.92 Å². The Morgan fingerprint density at radius 3 is 2.59 bits per heavy atom. The number of anilines is 1. The number of hydrogen-bond acceptors (Lipinski definition) is 4. The van der Waals surface area contributed by atoms with E-state index in [1.807, 2.05) is 53.4 Å². The monoisotopic (exact) mass is 393 g/mol. The number of ether oxygens (including phenoxy) is 1. The maximum atomic E-state index is 13.2. The molecular weight excluding hydrogens is 366 g/mol. The van der Waals surface area contributed by atoms with E-state index in [4.69, 9.17) is 4.74 Å². The Bertz CT molecular complexity index is 886. The first-order valence-corrected chi connectivity index (χ1v) is 10.0. The minimum atomic E-state index is -0.280. The van der Waals surface area contributed by atoms with Crippen LogP contribution in [0, 0.1) is 5.92 Å². The van der Waals surface area contributed by atoms with Gasteiger partial charge in [-0.3, -0.25) is 14.5 Å². The summed E-state index contributed by atoms with van der Waals surface area (Å²) in [7, 11) is 3.75. The van der Waals surface area contributed by atoms with E-state index in [1.54, 1.807) is 12.0 Å². The molecule has 2 amide bonds. The number of amides is 2. The highest BCUT2D eigenvalue weighted by atomic mass is 16.5. The van der Waals surface area contributed by atoms with Gasteiger partial charge in [0, 0.05) is 38.3 Å². The predicted octanol–water partition coefficient (Wildman–Crippen LogP) is 2.56. The maximum absolute atomic E-state index is 13.2. The van der Waals surface area contributed by atoms with Crippen molar-refractivity contribution in [2.45, 2.75) is 12.5 Å². The van der Waals surface area contributed by atoms with Crippen LogP contribution >= 0.6 is 0 Å². The highest BCUT2D eigenvalue weighted by molar-refractivity contribution is 6.00. The van der Waals surface area contributed by atoms with E-state index in [0.29, 0.717) is 19.6 Å². The molecule has 2 unspecified atom stereocenters. The van der Waals surface area contributed by atoms with Gasteiger partial charge in [-0.25, -0.2) is 0 Å². The molecule has 0 aliphatic carbocycles. The van der Waals surface area contributed by atoms with Crippen molar-refractivity contribution in [2.75, 3.05) is 45.2 Å². The van der Waals surface area contributed by atoms with Crippen LogP contribution < -0.4 is 9.64 Å². The summed E-state index contributed by atoms with van der Waals surface area (Å²) in [6.45, 7) is 2.57. The average molecular weight is 393 g/mol. The first kappa shape index (κ1) is 19.5. The van der Waals surface area contributed by atoms with Crippen molar-refractivity contribution in [3.8, 4) is 5.75 Å². The van der Waals surface area contributed by atoms with Gasteiger partial charge in [0.2, 0.25) is 11.8 Å². The largest absolute Gasteiger partial charge is 0.497 e. The van der Waals surface area contributed by atoms with E-state index in [1.165, 1.54) is 0 Å². The molecule has 2 heterocycles. The Morgan fingerprint density at radius 1 is 1.03 bits per heavy atom. The summed E-state index contributed by atoms with van der Waals surface area (Å²) in [6.07, 6.45) is 0.282. The number of para-hydroxylation sites is 1. The molecule has 0 radical (unpaired) electrons. The summed E-state index contributed by atoms with van der Waals surface area (Å²) in [5.74, 6) is 0.641. The van der Waals surface area contributed by atoms with Gasteiger partial charge in [0.25, 0.3) is 0 Å². The fraction of sp³-hybridized carbons (Fsp3) is 0.391. The molecule has 2 aliphatic rings. The number of benzene rings is 2. The lowest BCUT2D eigenvalue weighted by molar-refractivity contribution is -0.138. The molecule has 29 heavy (non-hydrogen) atoms. The minimum Gasteiger partial charge on any atom is -0.497 e. The van der Waals surface area contributed by atoms with E-state index in [9.17, 15) is 9.59 Å². The molecule has 2 aliphatic heterocycles. The second-order valence-electron chi connectivity index (χ2n) is 7.80. The normalized spacial score (nSPS) is 22.8. The molecule has 152 valence electrons. The Hall–Kier alpha value is -2.86. The van der Waals surface area contributed by atoms with Crippen LogP contribution in [0.15, 0.2) is 54.6 Å². The molecule has 0 spiro atoms. The lowest BCUT2D eigenvalue weighted by Gasteiger charge is -2.40. The Kier molecular flexibility index (Phi) is 5.53. The van der Waals surface area contributed by atoms with Crippen molar-refractivity contribution < 1.29 is 14.3 Å². The van der Waals surface area contributed by atoms with Crippen LogP contribution in [0.1, 0.15) is 18.0 Å². The van der Waals surface area contributed by atoms with Gasteiger partial charge >= 0.3 is 0 Å². The molecule has 6 heteroatoms. The fourth-order valence-corrected chi connectivity index (χ4v) is 4.27. The summed E-state index contributed by atoms with van der Waals surface area (Å²) < 4.78 is 5.36. The minimum absolute atomic E-state index is 0.0213. The van der Waals surface area contributed by atoms with Crippen LogP contribution in [0.4, 0.5) is 5.69 Å². The number of likely N-dealkylation sites (N-methyl/N-ethyl adjacent to an activating group) is 1. The zero-order chi connectivity index (χ0) is 20.4. The average Bonchev–Trinajstić information content (AvgIpc) is 3.16. The quantitative estimate of drug-likeness (QED) is 0.801. The van der Waals surface area contributed by atoms with E-state index in [0.717, 1.165) is 23.5 Å². The van der Waals surface area contributed by atoms with Crippen molar-refractivity contribution in [3.63, 3.8) is 0 Å². The van der Waals surface area contributed by atoms with Crippen LogP contribution in [0.25, 0.3) is 0 Å². The van der Waals surface area contributed by atoms with Crippen LogP contribution in [0.3, 0.4) is 0 Å². The zero-order valence-electron chi connectivity index (χ0n) is 17.0. The summed E-state index contributed by atoms with van der Waals surface area (Å²) in [4.78, 5) is 31.7. The molecule has 6 nitrogen and oxygen atoms in total. The summed E-state index contributed by atoms with van der Waals surface area (Å²) in [5, 5.41) is 0. The number of rotatable bonds is 4. The van der Waals surface area contributed by atoms with Gasteiger partial charge in [-0.15, -0.1) is 0 Å². The van der Waals surface area contributed by atoms with E-state index in [-0.39, 0.29) is 30.2 Å². The SMILES string of the molecule is COc1cccc(C2CN(C(=O)C3CC(=O)N(c4ccccc4)C3)CCN2C)c1. The molecule has 2 atom stereocenters.